The van der Waals surface area contributed by atoms with Gasteiger partial charge in [0, 0.05) is 16.1 Å². The smallest absolute Gasteiger partial charge is 0.251 e. The van der Waals surface area contributed by atoms with Crippen LogP contribution in [0.4, 0.5) is 0 Å². The Morgan fingerprint density at radius 3 is 2.68 bits per heavy atom. The van der Waals surface area contributed by atoms with E-state index < -0.39 is 0 Å². The van der Waals surface area contributed by atoms with Crippen molar-refractivity contribution in [3.8, 4) is 0 Å². The number of carbonyl (C=O) groups is 1. The maximum atomic E-state index is 12.1. The van der Waals surface area contributed by atoms with Gasteiger partial charge in [0.1, 0.15) is 0 Å². The third-order valence-electron chi connectivity index (χ3n) is 3.97. The topological polar surface area (TPSA) is 29.1 Å². The second-order valence-corrected chi connectivity index (χ2v) is 6.41. The summed E-state index contributed by atoms with van der Waals surface area (Å²) in [5.74, 6) is 0.935. The zero-order chi connectivity index (χ0) is 13.7. The van der Waals surface area contributed by atoms with Gasteiger partial charge in [-0.15, -0.1) is 0 Å². The fourth-order valence-electron chi connectivity index (χ4n) is 2.90. The predicted molar refractivity (Wildman–Crippen MR) is 82.3 cm³/mol. The standard InChI is InChI=1S/C16H22BrNO/c1-2-4-12-7-9-15(10-8-12)18-16(19)13-5-3-6-14(17)11-13/h3,5-6,11-12,15H,2,4,7-10H2,1H3,(H,18,19). The van der Waals surface area contributed by atoms with Crippen LogP contribution in [0.1, 0.15) is 55.8 Å². The van der Waals surface area contributed by atoms with E-state index in [-0.39, 0.29) is 5.91 Å². The van der Waals surface area contributed by atoms with Crippen molar-refractivity contribution in [1.29, 1.82) is 0 Å². The van der Waals surface area contributed by atoms with Gasteiger partial charge >= 0.3 is 0 Å². The van der Waals surface area contributed by atoms with Crippen LogP contribution in [0.5, 0.6) is 0 Å². The molecule has 19 heavy (non-hydrogen) atoms. The first-order chi connectivity index (χ1) is 9.19. The summed E-state index contributed by atoms with van der Waals surface area (Å²) in [6.45, 7) is 2.25. The number of carbonyl (C=O) groups excluding carboxylic acids is 1. The molecule has 1 aliphatic carbocycles. The number of hydrogen-bond donors (Lipinski definition) is 1. The molecule has 1 saturated carbocycles. The molecule has 1 amide bonds. The van der Waals surface area contributed by atoms with Crippen LogP contribution in [-0.4, -0.2) is 11.9 Å². The quantitative estimate of drug-likeness (QED) is 0.866. The van der Waals surface area contributed by atoms with E-state index in [4.69, 9.17) is 0 Å². The number of benzene rings is 1. The summed E-state index contributed by atoms with van der Waals surface area (Å²) < 4.78 is 0.951. The van der Waals surface area contributed by atoms with Crippen LogP contribution < -0.4 is 5.32 Å². The minimum Gasteiger partial charge on any atom is -0.349 e. The van der Waals surface area contributed by atoms with Crippen LogP contribution in [0.2, 0.25) is 0 Å². The Labute approximate surface area is 124 Å². The molecular weight excluding hydrogens is 302 g/mol. The molecule has 1 aromatic carbocycles. The van der Waals surface area contributed by atoms with E-state index in [0.29, 0.717) is 6.04 Å². The molecule has 0 radical (unpaired) electrons. The lowest BCUT2D eigenvalue weighted by molar-refractivity contribution is 0.0921. The summed E-state index contributed by atoms with van der Waals surface area (Å²) in [4.78, 5) is 12.1. The highest BCUT2D eigenvalue weighted by Gasteiger charge is 2.22. The average molecular weight is 324 g/mol. The molecule has 0 spiro atoms. The molecule has 0 bridgehead atoms. The molecular formula is C16H22BrNO. The molecule has 0 aliphatic heterocycles. The van der Waals surface area contributed by atoms with Crippen molar-refractivity contribution in [3.05, 3.63) is 34.3 Å². The third-order valence-corrected chi connectivity index (χ3v) is 4.46. The Balaban J connectivity index is 1.84. The third kappa shape index (κ3) is 4.34. The van der Waals surface area contributed by atoms with Gasteiger partial charge in [-0.2, -0.15) is 0 Å². The van der Waals surface area contributed by atoms with Gasteiger partial charge in [0.05, 0.1) is 0 Å². The molecule has 0 saturated heterocycles. The molecule has 2 nitrogen and oxygen atoms in total. The molecule has 104 valence electrons. The van der Waals surface area contributed by atoms with Gasteiger partial charge in [0.15, 0.2) is 0 Å². The minimum atomic E-state index is 0.0558. The van der Waals surface area contributed by atoms with Crippen LogP contribution in [0.15, 0.2) is 28.7 Å². The minimum absolute atomic E-state index is 0.0558. The van der Waals surface area contributed by atoms with Crippen LogP contribution in [0, 0.1) is 5.92 Å². The van der Waals surface area contributed by atoms with Crippen molar-refractivity contribution in [2.45, 2.75) is 51.5 Å². The fourth-order valence-corrected chi connectivity index (χ4v) is 3.30. The summed E-state index contributed by atoms with van der Waals surface area (Å²) in [6.07, 6.45) is 7.40. The van der Waals surface area contributed by atoms with Crippen molar-refractivity contribution in [3.63, 3.8) is 0 Å². The molecule has 1 aliphatic rings. The second-order valence-electron chi connectivity index (χ2n) is 5.49. The van der Waals surface area contributed by atoms with Crippen molar-refractivity contribution < 1.29 is 4.79 Å². The molecule has 0 aromatic heterocycles. The number of amides is 1. The lowest BCUT2D eigenvalue weighted by Crippen LogP contribution is -2.37. The molecule has 0 unspecified atom stereocenters. The summed E-state index contributed by atoms with van der Waals surface area (Å²) in [7, 11) is 0. The first-order valence-corrected chi connectivity index (χ1v) is 8.04. The molecule has 2 rings (SSSR count). The highest BCUT2D eigenvalue weighted by atomic mass is 79.9. The van der Waals surface area contributed by atoms with Gasteiger partial charge < -0.3 is 5.32 Å². The summed E-state index contributed by atoms with van der Waals surface area (Å²) in [5.41, 5.74) is 0.741. The number of halogens is 1. The SMILES string of the molecule is CCCC1CCC(NC(=O)c2cccc(Br)c2)CC1. The number of rotatable bonds is 4. The van der Waals surface area contributed by atoms with Crippen molar-refractivity contribution in [2.75, 3.05) is 0 Å². The van der Waals surface area contributed by atoms with Crippen molar-refractivity contribution in [1.82, 2.24) is 5.32 Å². The molecule has 1 N–H and O–H groups in total. The Morgan fingerprint density at radius 1 is 1.32 bits per heavy atom. The van der Waals surface area contributed by atoms with Gasteiger partial charge in [-0.05, 0) is 49.8 Å². The molecule has 1 aromatic rings. The first-order valence-electron chi connectivity index (χ1n) is 7.25. The Morgan fingerprint density at radius 2 is 2.05 bits per heavy atom. The average Bonchev–Trinajstić information content (AvgIpc) is 2.41. The van der Waals surface area contributed by atoms with Crippen LogP contribution in [0.25, 0.3) is 0 Å². The predicted octanol–water partition coefficient (Wildman–Crippen LogP) is 4.54. The highest BCUT2D eigenvalue weighted by Crippen LogP contribution is 2.27. The monoisotopic (exact) mass is 323 g/mol. The zero-order valence-electron chi connectivity index (χ0n) is 11.5. The van der Waals surface area contributed by atoms with E-state index in [1.807, 2.05) is 24.3 Å². The summed E-state index contributed by atoms with van der Waals surface area (Å²) in [6, 6.07) is 7.93. The lowest BCUT2D eigenvalue weighted by Gasteiger charge is -2.29. The first kappa shape index (κ1) is 14.6. The van der Waals surface area contributed by atoms with Gasteiger partial charge in [-0.1, -0.05) is 41.8 Å². The van der Waals surface area contributed by atoms with E-state index in [1.54, 1.807) is 0 Å². The van der Waals surface area contributed by atoms with Crippen molar-refractivity contribution >= 4 is 21.8 Å². The normalized spacial score (nSPS) is 23.1. The Bertz CT molecular complexity index is 425. The van der Waals surface area contributed by atoms with Gasteiger partial charge in [0.2, 0.25) is 0 Å². The molecule has 3 heteroatoms. The van der Waals surface area contributed by atoms with Gasteiger partial charge in [-0.3, -0.25) is 4.79 Å². The summed E-state index contributed by atoms with van der Waals surface area (Å²) in [5, 5.41) is 3.17. The van der Waals surface area contributed by atoms with E-state index in [9.17, 15) is 4.79 Å². The van der Waals surface area contributed by atoms with Crippen molar-refractivity contribution in [2.24, 2.45) is 5.92 Å². The van der Waals surface area contributed by atoms with E-state index in [2.05, 4.69) is 28.2 Å². The van der Waals surface area contributed by atoms with E-state index in [1.165, 1.54) is 25.7 Å². The number of nitrogens with one attached hydrogen (secondary N) is 1. The highest BCUT2D eigenvalue weighted by molar-refractivity contribution is 9.10. The molecule has 0 atom stereocenters. The van der Waals surface area contributed by atoms with Crippen LogP contribution in [-0.2, 0) is 0 Å². The maximum absolute atomic E-state index is 12.1. The lowest BCUT2D eigenvalue weighted by atomic mass is 9.83. The van der Waals surface area contributed by atoms with Gasteiger partial charge in [0.25, 0.3) is 5.91 Å². The van der Waals surface area contributed by atoms with Crippen LogP contribution in [0.3, 0.4) is 0 Å². The fraction of sp³-hybridized carbons (Fsp3) is 0.562. The molecule has 1 fully saturated rings. The maximum Gasteiger partial charge on any atom is 0.251 e. The largest absolute Gasteiger partial charge is 0.349 e. The van der Waals surface area contributed by atoms with Gasteiger partial charge in [-0.25, -0.2) is 0 Å². The zero-order valence-corrected chi connectivity index (χ0v) is 13.1. The van der Waals surface area contributed by atoms with E-state index >= 15 is 0 Å². The van der Waals surface area contributed by atoms with Crippen LogP contribution >= 0.6 is 15.9 Å². The Kier molecular flexibility index (Phi) is 5.44. The number of hydrogen-bond acceptors (Lipinski definition) is 1. The summed E-state index contributed by atoms with van der Waals surface area (Å²) >= 11 is 3.40. The van der Waals surface area contributed by atoms with E-state index in [0.717, 1.165) is 28.8 Å². The second kappa shape index (κ2) is 7.09. The molecule has 0 heterocycles. The Hall–Kier alpha value is -0.830.